The molecule has 0 fully saturated rings. The summed E-state index contributed by atoms with van der Waals surface area (Å²) in [4.78, 5) is 4.00. The van der Waals surface area contributed by atoms with Crippen molar-refractivity contribution in [3.8, 4) is 0 Å². The van der Waals surface area contributed by atoms with E-state index in [1.165, 1.54) is 0 Å². The molecule has 0 bridgehead atoms. The number of unbranched alkanes of at least 4 members (excludes halogenated alkanes) is 1. The predicted octanol–water partition coefficient (Wildman–Crippen LogP) is 0.665. The van der Waals surface area contributed by atoms with Gasteiger partial charge in [0.25, 0.3) is 0 Å². The van der Waals surface area contributed by atoms with Gasteiger partial charge in [-0.15, -0.1) is 0 Å². The largest absolute Gasteiger partial charge is 0.389 e. The fourth-order valence-corrected chi connectivity index (χ4v) is 1.85. The van der Waals surface area contributed by atoms with Gasteiger partial charge in [0.05, 0.1) is 31.7 Å². The Labute approximate surface area is 121 Å². The summed E-state index contributed by atoms with van der Waals surface area (Å²) < 4.78 is 12.5. The maximum absolute atomic E-state index is 9.73. The van der Waals surface area contributed by atoms with E-state index in [0.717, 1.165) is 25.9 Å². The molecule has 0 aliphatic carbocycles. The second-order valence-electron chi connectivity index (χ2n) is 4.96. The van der Waals surface area contributed by atoms with Crippen LogP contribution < -0.4 is 5.32 Å². The van der Waals surface area contributed by atoms with Gasteiger partial charge in [-0.1, -0.05) is 0 Å². The molecule has 0 saturated carbocycles. The number of hydrogen-bond donors (Lipinski definition) is 2. The second-order valence-corrected chi connectivity index (χ2v) is 4.96. The average Bonchev–Trinajstić information content (AvgIpc) is 2.94. The van der Waals surface area contributed by atoms with Gasteiger partial charge in [0.2, 0.25) is 0 Å². The number of rotatable bonds is 12. The summed E-state index contributed by atoms with van der Waals surface area (Å²) in [6, 6.07) is 0. The molecule has 6 nitrogen and oxygen atoms in total. The molecule has 2 atom stereocenters. The molecule has 2 N–H and O–H groups in total. The highest BCUT2D eigenvalue weighted by Crippen LogP contribution is 1.95. The van der Waals surface area contributed by atoms with Gasteiger partial charge in [0, 0.05) is 32.6 Å². The molecule has 0 saturated heterocycles. The van der Waals surface area contributed by atoms with Crippen molar-refractivity contribution in [1.82, 2.24) is 14.9 Å². The summed E-state index contributed by atoms with van der Waals surface area (Å²) in [6.07, 6.45) is 7.31. The predicted molar refractivity (Wildman–Crippen MR) is 77.6 cm³/mol. The quantitative estimate of drug-likeness (QED) is 0.552. The van der Waals surface area contributed by atoms with Crippen LogP contribution in [0, 0.1) is 0 Å². The van der Waals surface area contributed by atoms with Crippen LogP contribution in [-0.4, -0.2) is 60.3 Å². The molecule has 116 valence electrons. The third-order valence-electron chi connectivity index (χ3n) is 2.93. The van der Waals surface area contributed by atoms with Gasteiger partial charge in [-0.3, -0.25) is 0 Å². The van der Waals surface area contributed by atoms with Crippen molar-refractivity contribution in [1.29, 1.82) is 0 Å². The zero-order valence-electron chi connectivity index (χ0n) is 12.5. The molecule has 0 amide bonds. The molecule has 0 spiro atoms. The standard InChI is InChI=1S/C14H27N3O3/c1-13(10-19-2)20-11-14(18)9-15-5-3-4-7-17-8-6-16-12-17/h6,8,12-15,18H,3-5,7,9-11H2,1-2H3. The zero-order valence-corrected chi connectivity index (χ0v) is 12.5. The van der Waals surface area contributed by atoms with Crippen LogP contribution in [-0.2, 0) is 16.0 Å². The van der Waals surface area contributed by atoms with E-state index in [0.29, 0.717) is 19.8 Å². The number of nitrogens with one attached hydrogen (secondary N) is 1. The number of methoxy groups -OCH3 is 1. The molecule has 1 aromatic rings. The molecule has 20 heavy (non-hydrogen) atoms. The van der Waals surface area contributed by atoms with Crippen LogP contribution in [0.1, 0.15) is 19.8 Å². The molecule has 6 heteroatoms. The zero-order chi connectivity index (χ0) is 14.6. The van der Waals surface area contributed by atoms with Crippen LogP contribution in [0.15, 0.2) is 18.7 Å². The van der Waals surface area contributed by atoms with Crippen LogP contribution in [0.4, 0.5) is 0 Å². The lowest BCUT2D eigenvalue weighted by atomic mass is 10.3. The van der Waals surface area contributed by atoms with Gasteiger partial charge < -0.3 is 24.5 Å². The smallest absolute Gasteiger partial charge is 0.0945 e. The average molecular weight is 285 g/mol. The number of aliphatic hydroxyl groups is 1. The number of aryl methyl sites for hydroxylation is 1. The van der Waals surface area contributed by atoms with E-state index in [1.54, 1.807) is 13.3 Å². The Morgan fingerprint density at radius 1 is 1.35 bits per heavy atom. The van der Waals surface area contributed by atoms with Crippen molar-refractivity contribution in [3.05, 3.63) is 18.7 Å². The number of imidazole rings is 1. The Balaban J connectivity index is 1.90. The first-order valence-corrected chi connectivity index (χ1v) is 7.17. The van der Waals surface area contributed by atoms with Gasteiger partial charge in [-0.05, 0) is 26.3 Å². The lowest BCUT2D eigenvalue weighted by molar-refractivity contribution is -0.0310. The third-order valence-corrected chi connectivity index (χ3v) is 2.93. The highest BCUT2D eigenvalue weighted by atomic mass is 16.5. The van der Waals surface area contributed by atoms with Crippen molar-refractivity contribution in [2.75, 3.05) is 33.4 Å². The van der Waals surface area contributed by atoms with Gasteiger partial charge in [0.15, 0.2) is 0 Å². The normalized spacial score (nSPS) is 14.3. The summed E-state index contributed by atoms with van der Waals surface area (Å²) in [5.74, 6) is 0. The maximum atomic E-state index is 9.73. The van der Waals surface area contributed by atoms with E-state index < -0.39 is 6.10 Å². The van der Waals surface area contributed by atoms with Crippen molar-refractivity contribution < 1.29 is 14.6 Å². The maximum Gasteiger partial charge on any atom is 0.0945 e. The number of ether oxygens (including phenoxy) is 2. The number of nitrogens with zero attached hydrogens (tertiary/aromatic N) is 2. The first-order valence-electron chi connectivity index (χ1n) is 7.17. The second kappa shape index (κ2) is 10.8. The number of aromatic nitrogens is 2. The molecule has 0 aliphatic heterocycles. The fourth-order valence-electron chi connectivity index (χ4n) is 1.85. The van der Waals surface area contributed by atoms with E-state index in [-0.39, 0.29) is 6.10 Å². The topological polar surface area (TPSA) is 68.5 Å². The first kappa shape index (κ1) is 17.1. The minimum Gasteiger partial charge on any atom is -0.389 e. The van der Waals surface area contributed by atoms with Crippen LogP contribution >= 0.6 is 0 Å². The lowest BCUT2D eigenvalue weighted by Gasteiger charge is -2.16. The molecule has 0 aliphatic rings. The van der Waals surface area contributed by atoms with Gasteiger partial charge in [-0.2, -0.15) is 0 Å². The van der Waals surface area contributed by atoms with Crippen LogP contribution in [0.3, 0.4) is 0 Å². The Bertz CT molecular complexity index is 319. The number of aliphatic hydroxyl groups excluding tert-OH is 1. The monoisotopic (exact) mass is 285 g/mol. The number of hydrogen-bond acceptors (Lipinski definition) is 5. The van der Waals surface area contributed by atoms with Crippen molar-refractivity contribution >= 4 is 0 Å². The molecule has 0 aromatic carbocycles. The van der Waals surface area contributed by atoms with Crippen molar-refractivity contribution in [2.24, 2.45) is 0 Å². The van der Waals surface area contributed by atoms with E-state index in [4.69, 9.17) is 9.47 Å². The Morgan fingerprint density at radius 2 is 2.20 bits per heavy atom. The highest BCUT2D eigenvalue weighted by molar-refractivity contribution is 4.73. The fraction of sp³-hybridized carbons (Fsp3) is 0.786. The van der Waals surface area contributed by atoms with Crippen molar-refractivity contribution in [2.45, 2.75) is 38.5 Å². The summed E-state index contributed by atoms with van der Waals surface area (Å²) >= 11 is 0. The molecule has 1 heterocycles. The summed E-state index contributed by atoms with van der Waals surface area (Å²) in [7, 11) is 1.64. The van der Waals surface area contributed by atoms with E-state index in [1.807, 2.05) is 19.4 Å². The summed E-state index contributed by atoms with van der Waals surface area (Å²) in [5, 5.41) is 13.0. The SMILES string of the molecule is COCC(C)OCC(O)CNCCCCn1ccnc1. The van der Waals surface area contributed by atoms with Gasteiger partial charge >= 0.3 is 0 Å². The van der Waals surface area contributed by atoms with Crippen LogP contribution in [0.2, 0.25) is 0 Å². The molecule has 2 unspecified atom stereocenters. The van der Waals surface area contributed by atoms with E-state index in [2.05, 4.69) is 14.9 Å². The van der Waals surface area contributed by atoms with Crippen molar-refractivity contribution in [3.63, 3.8) is 0 Å². The minimum atomic E-state index is -0.469. The molecular formula is C14H27N3O3. The Hall–Kier alpha value is -0.950. The van der Waals surface area contributed by atoms with E-state index >= 15 is 0 Å². The molecule has 1 rings (SSSR count). The molecule has 1 aromatic heterocycles. The third kappa shape index (κ3) is 8.27. The molecule has 0 radical (unpaired) electrons. The summed E-state index contributed by atoms with van der Waals surface area (Å²) in [6.45, 7) is 5.27. The lowest BCUT2D eigenvalue weighted by Crippen LogP contribution is -2.32. The van der Waals surface area contributed by atoms with Crippen LogP contribution in [0.25, 0.3) is 0 Å². The summed E-state index contributed by atoms with van der Waals surface area (Å²) in [5.41, 5.74) is 0. The Morgan fingerprint density at radius 3 is 2.90 bits per heavy atom. The first-order chi connectivity index (χ1) is 9.72. The highest BCUT2D eigenvalue weighted by Gasteiger charge is 2.07. The minimum absolute atomic E-state index is 0.0184. The van der Waals surface area contributed by atoms with E-state index in [9.17, 15) is 5.11 Å². The Kier molecular flexibility index (Phi) is 9.23. The molecular weight excluding hydrogens is 258 g/mol. The van der Waals surface area contributed by atoms with Gasteiger partial charge in [-0.25, -0.2) is 4.98 Å². The van der Waals surface area contributed by atoms with Crippen LogP contribution in [0.5, 0.6) is 0 Å². The van der Waals surface area contributed by atoms with Gasteiger partial charge in [0.1, 0.15) is 0 Å².